The monoisotopic (exact) mass is 491 g/mol. The number of hydrogen-bond acceptors (Lipinski definition) is 5. The normalized spacial score (nSPS) is 19.1. The average Bonchev–Trinajstić information content (AvgIpc) is 2.76. The van der Waals surface area contributed by atoms with Crippen molar-refractivity contribution in [1.82, 2.24) is 4.90 Å². The largest absolute Gasteiger partial charge is 0.490 e. The minimum absolute atomic E-state index is 0.00921. The van der Waals surface area contributed by atoms with Crippen LogP contribution in [0.5, 0.6) is 5.75 Å². The smallest absolute Gasteiger partial charge is 0.305 e. The molecule has 1 aromatic rings. The maximum atomic E-state index is 13.2. The first-order valence-corrected chi connectivity index (χ1v) is 12.2. The first kappa shape index (κ1) is 23.8. The van der Waals surface area contributed by atoms with Gasteiger partial charge >= 0.3 is 5.97 Å². The van der Waals surface area contributed by atoms with Crippen molar-refractivity contribution in [1.29, 1.82) is 0 Å². The fourth-order valence-electron chi connectivity index (χ4n) is 5.12. The highest BCUT2D eigenvalue weighted by Crippen LogP contribution is 2.50. The molecule has 4 rings (SSSR count). The maximum Gasteiger partial charge on any atom is 0.305 e. The van der Waals surface area contributed by atoms with E-state index < -0.39 is 11.9 Å². The van der Waals surface area contributed by atoms with E-state index in [9.17, 15) is 19.5 Å². The van der Waals surface area contributed by atoms with E-state index >= 15 is 0 Å². The van der Waals surface area contributed by atoms with E-state index in [1.54, 1.807) is 12.1 Å². The van der Waals surface area contributed by atoms with E-state index in [0.717, 1.165) is 17.8 Å². The molecule has 0 amide bonds. The topological polar surface area (TPSA) is 83.9 Å². The van der Waals surface area contributed by atoms with Gasteiger partial charge in [0.1, 0.15) is 0 Å². The van der Waals surface area contributed by atoms with Crippen molar-refractivity contribution in [2.24, 2.45) is 0 Å². The minimum Gasteiger partial charge on any atom is -0.490 e. The van der Waals surface area contributed by atoms with Crippen LogP contribution in [0.4, 0.5) is 0 Å². The summed E-state index contributed by atoms with van der Waals surface area (Å²) in [6, 6.07) is 3.49. The number of carboxylic acids is 1. The van der Waals surface area contributed by atoms with Crippen LogP contribution in [0.2, 0.25) is 10.0 Å². The van der Waals surface area contributed by atoms with Gasteiger partial charge in [-0.2, -0.15) is 0 Å². The molecule has 33 heavy (non-hydrogen) atoms. The zero-order chi connectivity index (χ0) is 23.7. The molecule has 0 aromatic heterocycles. The Morgan fingerprint density at radius 3 is 2.06 bits per heavy atom. The van der Waals surface area contributed by atoms with Crippen molar-refractivity contribution in [3.8, 4) is 5.75 Å². The molecule has 1 aromatic carbocycles. The number of benzene rings is 1. The molecule has 176 valence electrons. The fourth-order valence-corrected chi connectivity index (χ4v) is 5.73. The lowest BCUT2D eigenvalue weighted by Gasteiger charge is -2.44. The van der Waals surface area contributed by atoms with E-state index in [4.69, 9.17) is 27.9 Å². The highest BCUT2D eigenvalue weighted by Gasteiger charge is 2.43. The number of Topliss-reactive ketones (excluding diaryl/α,β-unsaturated/α-hetero) is 2. The Bertz CT molecular complexity index is 1010. The van der Waals surface area contributed by atoms with Gasteiger partial charge in [-0.15, -0.1) is 0 Å². The van der Waals surface area contributed by atoms with Gasteiger partial charge in [-0.25, -0.2) is 0 Å². The second-order valence-electron chi connectivity index (χ2n) is 8.66. The molecular weight excluding hydrogens is 465 g/mol. The van der Waals surface area contributed by atoms with Crippen LogP contribution in [-0.2, 0) is 14.4 Å². The number of carboxylic acid groups (broad SMARTS) is 1. The molecular formula is C25H27Cl2NO5. The van der Waals surface area contributed by atoms with Crippen LogP contribution in [0.1, 0.15) is 69.8 Å². The van der Waals surface area contributed by atoms with Crippen molar-refractivity contribution in [2.75, 3.05) is 13.2 Å². The van der Waals surface area contributed by atoms with Crippen molar-refractivity contribution in [3.63, 3.8) is 0 Å². The van der Waals surface area contributed by atoms with Crippen LogP contribution < -0.4 is 4.74 Å². The van der Waals surface area contributed by atoms with Crippen molar-refractivity contribution in [3.05, 3.63) is 50.3 Å². The lowest BCUT2D eigenvalue weighted by molar-refractivity contribution is -0.137. The Kier molecular flexibility index (Phi) is 7.15. The third-order valence-corrected chi connectivity index (χ3v) is 7.00. The quantitative estimate of drug-likeness (QED) is 0.528. The van der Waals surface area contributed by atoms with Gasteiger partial charge in [0, 0.05) is 47.8 Å². The van der Waals surface area contributed by atoms with Gasteiger partial charge in [-0.1, -0.05) is 30.1 Å². The summed E-state index contributed by atoms with van der Waals surface area (Å²) < 4.78 is 5.70. The van der Waals surface area contributed by atoms with Gasteiger partial charge in [-0.3, -0.25) is 14.4 Å². The van der Waals surface area contributed by atoms with Crippen LogP contribution in [0, 0.1) is 0 Å². The second-order valence-corrected chi connectivity index (χ2v) is 9.48. The molecule has 3 aliphatic rings. The summed E-state index contributed by atoms with van der Waals surface area (Å²) in [6.07, 6.45) is 4.28. The van der Waals surface area contributed by atoms with E-state index in [2.05, 4.69) is 0 Å². The lowest BCUT2D eigenvalue weighted by Crippen LogP contribution is -2.39. The number of ketones is 2. The van der Waals surface area contributed by atoms with Gasteiger partial charge in [0.05, 0.1) is 23.1 Å². The number of hydrogen-bond donors (Lipinski definition) is 1. The summed E-state index contributed by atoms with van der Waals surface area (Å²) in [5, 5.41) is 9.97. The van der Waals surface area contributed by atoms with Crippen LogP contribution in [0.3, 0.4) is 0 Å². The average molecular weight is 492 g/mol. The summed E-state index contributed by atoms with van der Waals surface area (Å²) in [5.41, 5.74) is 3.52. The number of aliphatic carboxylic acids is 1. The number of carbonyl (C=O) groups is 3. The summed E-state index contributed by atoms with van der Waals surface area (Å²) in [5.74, 6) is -1.08. The Morgan fingerprint density at radius 2 is 1.58 bits per heavy atom. The molecule has 8 heteroatoms. The van der Waals surface area contributed by atoms with Gasteiger partial charge in [-0.05, 0) is 49.8 Å². The molecule has 6 nitrogen and oxygen atoms in total. The first-order chi connectivity index (χ1) is 15.8. The van der Waals surface area contributed by atoms with Gasteiger partial charge < -0.3 is 14.7 Å². The molecule has 0 atom stereocenters. The minimum atomic E-state index is -0.910. The highest BCUT2D eigenvalue weighted by molar-refractivity contribution is 6.37. The number of carbonyl (C=O) groups excluding carboxylic acids is 2. The fraction of sp³-hybridized carbons (Fsp3) is 0.480. The van der Waals surface area contributed by atoms with Crippen molar-refractivity contribution in [2.45, 2.75) is 64.2 Å². The van der Waals surface area contributed by atoms with E-state index in [1.807, 2.05) is 11.8 Å². The molecule has 0 saturated carbocycles. The number of rotatable bonds is 7. The Balaban J connectivity index is 1.88. The molecule has 0 radical (unpaired) electrons. The van der Waals surface area contributed by atoms with Crippen LogP contribution in [-0.4, -0.2) is 40.7 Å². The number of nitrogens with zero attached hydrogens (tertiary/aromatic N) is 1. The Hall–Kier alpha value is -2.31. The summed E-state index contributed by atoms with van der Waals surface area (Å²) in [6.45, 7) is 2.70. The van der Waals surface area contributed by atoms with Gasteiger partial charge in [0.2, 0.25) is 0 Å². The number of halogens is 2. The third-order valence-electron chi connectivity index (χ3n) is 6.44. The molecule has 1 aliphatic heterocycles. The summed E-state index contributed by atoms with van der Waals surface area (Å²) in [7, 11) is 0. The number of allylic oxidation sites excluding steroid dienone is 4. The summed E-state index contributed by atoms with van der Waals surface area (Å²) in [4.78, 5) is 39.7. The molecule has 1 heterocycles. The SMILES string of the molecule is CCCOc1c(Cl)cc(C2C3=C(CCCC3=O)N(CCC(=O)O)C3=C2C(=O)CCC3)cc1Cl. The highest BCUT2D eigenvalue weighted by atomic mass is 35.5. The Morgan fingerprint density at radius 1 is 1.03 bits per heavy atom. The predicted molar refractivity (Wildman–Crippen MR) is 126 cm³/mol. The predicted octanol–water partition coefficient (Wildman–Crippen LogP) is 5.67. The Labute approximate surface area is 203 Å². The van der Waals surface area contributed by atoms with Gasteiger partial charge in [0.15, 0.2) is 17.3 Å². The molecule has 0 bridgehead atoms. The number of ether oxygens (including phenoxy) is 1. The van der Waals surface area contributed by atoms with Gasteiger partial charge in [0.25, 0.3) is 0 Å². The first-order valence-electron chi connectivity index (χ1n) is 11.5. The maximum absolute atomic E-state index is 13.2. The zero-order valence-electron chi connectivity index (χ0n) is 18.6. The molecule has 0 fully saturated rings. The lowest BCUT2D eigenvalue weighted by atomic mass is 9.71. The van der Waals surface area contributed by atoms with E-state index in [1.165, 1.54) is 0 Å². The molecule has 0 spiro atoms. The van der Waals surface area contributed by atoms with Crippen LogP contribution in [0.15, 0.2) is 34.7 Å². The standard InChI is InChI=1S/C25H27Cl2NO5/c1-2-11-33-25-15(26)12-14(13-16(25)27)22-23-17(5-3-7-19(23)29)28(10-9-21(31)32)18-6-4-8-20(30)24(18)22/h12-13,22H,2-11H2,1H3,(H,31,32). The summed E-state index contributed by atoms with van der Waals surface area (Å²) >= 11 is 13.1. The second kappa shape index (κ2) is 9.90. The van der Waals surface area contributed by atoms with E-state index in [0.29, 0.717) is 77.6 Å². The van der Waals surface area contributed by atoms with Crippen LogP contribution in [0.25, 0.3) is 0 Å². The van der Waals surface area contributed by atoms with Crippen molar-refractivity contribution >= 4 is 40.7 Å². The zero-order valence-corrected chi connectivity index (χ0v) is 20.1. The molecule has 1 N–H and O–H groups in total. The molecule has 2 aliphatic carbocycles. The van der Waals surface area contributed by atoms with Crippen LogP contribution >= 0.6 is 23.2 Å². The third kappa shape index (κ3) is 4.56. The van der Waals surface area contributed by atoms with Crippen molar-refractivity contribution < 1.29 is 24.2 Å². The van der Waals surface area contributed by atoms with E-state index in [-0.39, 0.29) is 24.5 Å². The molecule has 0 unspecified atom stereocenters. The molecule has 0 saturated heterocycles.